The fraction of sp³-hybridized carbons (Fsp3) is 0.0400. The van der Waals surface area contributed by atoms with E-state index in [2.05, 4.69) is 0 Å². The lowest BCUT2D eigenvalue weighted by Gasteiger charge is -2.18. The van der Waals surface area contributed by atoms with Crippen LogP contribution in [0, 0.1) is 5.82 Å². The van der Waals surface area contributed by atoms with Crippen LogP contribution < -0.4 is 11.1 Å². The molecule has 5 aromatic rings. The molecule has 5 rings (SSSR count). The molecule has 152 valence electrons. The Labute approximate surface area is 174 Å². The number of rotatable bonds is 3. The number of halogens is 1. The van der Waals surface area contributed by atoms with Crippen LogP contribution in [0.4, 0.5) is 4.39 Å². The smallest absolute Gasteiger partial charge is 0.344 e. The van der Waals surface area contributed by atoms with E-state index < -0.39 is 17.4 Å². The zero-order chi connectivity index (χ0) is 21.5. The summed E-state index contributed by atoms with van der Waals surface area (Å²) in [4.78, 5) is 26.3. The quantitative estimate of drug-likeness (QED) is 0.424. The van der Waals surface area contributed by atoms with Crippen molar-refractivity contribution in [1.29, 1.82) is 0 Å². The SMILES string of the molecule is O=c1oc2ccccc2c(O)c1C(c1ccc(F)cc1)c1coc2ccccc2c1=O. The van der Waals surface area contributed by atoms with Crippen molar-refractivity contribution in [2.45, 2.75) is 5.92 Å². The maximum Gasteiger partial charge on any atom is 0.344 e. The Kier molecular flexibility index (Phi) is 4.40. The summed E-state index contributed by atoms with van der Waals surface area (Å²) in [6, 6.07) is 18.7. The van der Waals surface area contributed by atoms with E-state index >= 15 is 0 Å². The van der Waals surface area contributed by atoms with Crippen molar-refractivity contribution < 1.29 is 18.3 Å². The maximum atomic E-state index is 13.6. The second-order valence-electron chi connectivity index (χ2n) is 7.15. The predicted molar refractivity (Wildman–Crippen MR) is 114 cm³/mol. The van der Waals surface area contributed by atoms with Gasteiger partial charge in [0.2, 0.25) is 0 Å². The molecule has 0 aliphatic rings. The van der Waals surface area contributed by atoms with Crippen LogP contribution in [0.3, 0.4) is 0 Å². The highest BCUT2D eigenvalue weighted by atomic mass is 19.1. The molecule has 0 aliphatic carbocycles. The van der Waals surface area contributed by atoms with Crippen LogP contribution in [-0.2, 0) is 0 Å². The maximum absolute atomic E-state index is 13.6. The van der Waals surface area contributed by atoms with Crippen LogP contribution in [0.5, 0.6) is 5.75 Å². The molecule has 0 radical (unpaired) electrons. The third-order valence-electron chi connectivity index (χ3n) is 5.33. The van der Waals surface area contributed by atoms with Crippen molar-refractivity contribution in [2.24, 2.45) is 0 Å². The summed E-state index contributed by atoms with van der Waals surface area (Å²) in [5.41, 5.74) is -0.0971. The van der Waals surface area contributed by atoms with Crippen molar-refractivity contribution >= 4 is 21.9 Å². The molecule has 0 bridgehead atoms. The van der Waals surface area contributed by atoms with E-state index in [0.717, 1.165) is 0 Å². The topological polar surface area (TPSA) is 80.7 Å². The van der Waals surface area contributed by atoms with E-state index in [1.54, 1.807) is 48.5 Å². The normalized spacial score (nSPS) is 12.3. The molecule has 0 spiro atoms. The summed E-state index contributed by atoms with van der Waals surface area (Å²) in [6.07, 6.45) is 1.27. The molecule has 0 saturated carbocycles. The lowest BCUT2D eigenvalue weighted by atomic mass is 9.85. The van der Waals surface area contributed by atoms with Gasteiger partial charge in [-0.3, -0.25) is 4.79 Å². The summed E-state index contributed by atoms with van der Waals surface area (Å²) in [7, 11) is 0. The van der Waals surface area contributed by atoms with Crippen LogP contribution >= 0.6 is 0 Å². The van der Waals surface area contributed by atoms with E-state index in [4.69, 9.17) is 8.83 Å². The molecule has 5 nitrogen and oxygen atoms in total. The number of para-hydroxylation sites is 2. The van der Waals surface area contributed by atoms with Crippen molar-refractivity contribution in [3.05, 3.63) is 122 Å². The van der Waals surface area contributed by atoms with Crippen LogP contribution in [0.25, 0.3) is 21.9 Å². The van der Waals surface area contributed by atoms with Gasteiger partial charge >= 0.3 is 5.63 Å². The minimum atomic E-state index is -1.03. The molecule has 2 aromatic heterocycles. The fourth-order valence-electron chi connectivity index (χ4n) is 3.85. The van der Waals surface area contributed by atoms with E-state index in [0.29, 0.717) is 21.9 Å². The van der Waals surface area contributed by atoms with Crippen molar-refractivity contribution in [3.63, 3.8) is 0 Å². The predicted octanol–water partition coefficient (Wildman–Crippen LogP) is 4.92. The second kappa shape index (κ2) is 7.25. The Morgan fingerprint density at radius 3 is 2.19 bits per heavy atom. The Morgan fingerprint density at radius 2 is 1.45 bits per heavy atom. The van der Waals surface area contributed by atoms with Gasteiger partial charge in [-0.05, 0) is 42.0 Å². The molecule has 0 amide bonds. The summed E-state index contributed by atoms with van der Waals surface area (Å²) in [5, 5.41) is 11.7. The zero-order valence-electron chi connectivity index (χ0n) is 16.0. The average molecular weight is 414 g/mol. The van der Waals surface area contributed by atoms with Gasteiger partial charge in [-0.2, -0.15) is 0 Å². The molecule has 6 heteroatoms. The molecule has 1 atom stereocenters. The van der Waals surface area contributed by atoms with Crippen molar-refractivity contribution in [1.82, 2.24) is 0 Å². The molecule has 1 unspecified atom stereocenters. The highest BCUT2D eigenvalue weighted by Crippen LogP contribution is 2.37. The molecular weight excluding hydrogens is 399 g/mol. The second-order valence-corrected chi connectivity index (χ2v) is 7.15. The summed E-state index contributed by atoms with van der Waals surface area (Å²) < 4.78 is 24.7. The minimum Gasteiger partial charge on any atom is -0.507 e. The van der Waals surface area contributed by atoms with E-state index in [-0.39, 0.29) is 27.9 Å². The Hall–Kier alpha value is -4.19. The summed E-state index contributed by atoms with van der Waals surface area (Å²) in [6.45, 7) is 0. The van der Waals surface area contributed by atoms with E-state index in [1.807, 2.05) is 0 Å². The number of benzene rings is 3. The lowest BCUT2D eigenvalue weighted by molar-refractivity contribution is 0.454. The van der Waals surface area contributed by atoms with Gasteiger partial charge in [-0.25, -0.2) is 9.18 Å². The van der Waals surface area contributed by atoms with Crippen LogP contribution in [0.1, 0.15) is 22.6 Å². The molecule has 2 heterocycles. The first-order chi connectivity index (χ1) is 15.0. The first-order valence-electron chi connectivity index (χ1n) is 9.55. The van der Waals surface area contributed by atoms with Crippen molar-refractivity contribution in [3.8, 4) is 5.75 Å². The highest BCUT2D eigenvalue weighted by molar-refractivity contribution is 5.85. The number of aromatic hydroxyl groups is 1. The van der Waals surface area contributed by atoms with Crippen molar-refractivity contribution in [2.75, 3.05) is 0 Å². The molecular formula is C25H15FO5. The van der Waals surface area contributed by atoms with Gasteiger partial charge in [0.15, 0.2) is 5.43 Å². The minimum absolute atomic E-state index is 0.118. The van der Waals surface area contributed by atoms with Gasteiger partial charge in [0.25, 0.3) is 0 Å². The van der Waals surface area contributed by atoms with Gasteiger partial charge in [-0.15, -0.1) is 0 Å². The number of fused-ring (bicyclic) bond motifs is 2. The Bertz CT molecular complexity index is 1550. The van der Waals surface area contributed by atoms with Gasteiger partial charge in [0.05, 0.1) is 28.5 Å². The number of hydrogen-bond acceptors (Lipinski definition) is 5. The first-order valence-corrected chi connectivity index (χ1v) is 9.55. The molecule has 31 heavy (non-hydrogen) atoms. The summed E-state index contributed by atoms with van der Waals surface area (Å²) in [5.74, 6) is -1.79. The third kappa shape index (κ3) is 3.09. The Balaban J connectivity index is 1.87. The van der Waals surface area contributed by atoms with Gasteiger partial charge in [0.1, 0.15) is 22.7 Å². The van der Waals surface area contributed by atoms with Crippen LogP contribution in [0.2, 0.25) is 0 Å². The molecule has 0 fully saturated rings. The lowest BCUT2D eigenvalue weighted by Crippen LogP contribution is -2.21. The molecule has 1 N–H and O–H groups in total. The molecule has 3 aromatic carbocycles. The van der Waals surface area contributed by atoms with E-state index in [1.165, 1.54) is 30.5 Å². The first kappa shape index (κ1) is 18.8. The van der Waals surface area contributed by atoms with E-state index in [9.17, 15) is 19.1 Å². The van der Waals surface area contributed by atoms with Crippen LogP contribution in [-0.4, -0.2) is 5.11 Å². The zero-order valence-corrected chi connectivity index (χ0v) is 16.0. The monoisotopic (exact) mass is 414 g/mol. The molecule has 0 aliphatic heterocycles. The largest absolute Gasteiger partial charge is 0.507 e. The van der Waals surface area contributed by atoms with Gasteiger partial charge in [0, 0.05) is 5.56 Å². The third-order valence-corrected chi connectivity index (χ3v) is 5.33. The van der Waals surface area contributed by atoms with Gasteiger partial charge in [-0.1, -0.05) is 36.4 Å². The fourth-order valence-corrected chi connectivity index (χ4v) is 3.85. The van der Waals surface area contributed by atoms with Crippen LogP contribution in [0.15, 0.2) is 97.5 Å². The Morgan fingerprint density at radius 1 is 0.806 bits per heavy atom. The molecule has 0 saturated heterocycles. The number of hydrogen-bond donors (Lipinski definition) is 1. The average Bonchev–Trinajstić information content (AvgIpc) is 2.78. The summed E-state index contributed by atoms with van der Waals surface area (Å²) >= 11 is 0. The standard InChI is InChI=1S/C25H15FO5/c26-15-11-9-14(10-12-15)21(18-13-30-19-7-3-1-5-16(19)23(18)27)22-24(28)17-6-2-4-8-20(17)31-25(22)29/h1-13,21,28H. The highest BCUT2D eigenvalue weighted by Gasteiger charge is 2.29. The van der Waals surface area contributed by atoms with Gasteiger partial charge < -0.3 is 13.9 Å².